The third-order valence-electron chi connectivity index (χ3n) is 4.63. The predicted octanol–water partition coefficient (Wildman–Crippen LogP) is 4.44. The van der Waals surface area contributed by atoms with Gasteiger partial charge in [-0.1, -0.05) is 23.7 Å². The number of rotatable bonds is 3. The quantitative estimate of drug-likeness (QED) is 0.701. The second-order valence-corrected chi connectivity index (χ2v) is 6.75. The molecule has 136 valence electrons. The number of hydrogen-bond donors (Lipinski definition) is 2. The minimum atomic E-state index is -1.15. The molecule has 0 bridgehead atoms. The minimum absolute atomic E-state index is 0.0126. The Morgan fingerprint density at radius 1 is 1.15 bits per heavy atom. The Hall–Kier alpha value is -3.12. The smallest absolute Gasteiger partial charge is 0.339 e. The first kappa shape index (κ1) is 17.3. The van der Waals surface area contributed by atoms with E-state index < -0.39 is 5.97 Å². The minimum Gasteiger partial charge on any atom is -0.478 e. The van der Waals surface area contributed by atoms with Crippen molar-refractivity contribution in [2.75, 3.05) is 5.32 Å². The van der Waals surface area contributed by atoms with Crippen LogP contribution in [0.2, 0.25) is 5.02 Å². The van der Waals surface area contributed by atoms with Crippen LogP contribution in [0.15, 0.2) is 54.7 Å². The third kappa shape index (κ3) is 3.08. The highest BCUT2D eigenvalue weighted by Crippen LogP contribution is 2.41. The average Bonchev–Trinajstić information content (AvgIpc) is 3.02. The monoisotopic (exact) mass is 384 g/mol. The van der Waals surface area contributed by atoms with Crippen molar-refractivity contribution >= 4 is 29.2 Å². The van der Waals surface area contributed by atoms with Gasteiger partial charge < -0.3 is 15.0 Å². The van der Waals surface area contributed by atoms with Gasteiger partial charge in [0.05, 0.1) is 11.4 Å². The molecule has 0 saturated heterocycles. The molecule has 0 fully saturated rings. The molecular weight excluding hydrogens is 371 g/mol. The van der Waals surface area contributed by atoms with Crippen LogP contribution in [0.4, 0.5) is 10.1 Å². The number of benzene rings is 2. The van der Waals surface area contributed by atoms with Gasteiger partial charge in [0.1, 0.15) is 11.4 Å². The van der Waals surface area contributed by atoms with E-state index in [-0.39, 0.29) is 35.3 Å². The number of amides is 1. The average molecular weight is 385 g/mol. The number of aromatic nitrogens is 1. The van der Waals surface area contributed by atoms with Crippen molar-refractivity contribution in [1.29, 1.82) is 0 Å². The van der Waals surface area contributed by atoms with Gasteiger partial charge in [-0.15, -0.1) is 0 Å². The van der Waals surface area contributed by atoms with Gasteiger partial charge in [0, 0.05) is 29.2 Å². The fraction of sp³-hybridized carbons (Fsp3) is 0.100. The lowest BCUT2D eigenvalue weighted by Gasteiger charge is -2.26. The highest BCUT2D eigenvalue weighted by molar-refractivity contribution is 6.30. The molecule has 7 heteroatoms. The lowest BCUT2D eigenvalue weighted by atomic mass is 9.88. The number of hydrogen-bond acceptors (Lipinski definition) is 2. The molecule has 1 aliphatic heterocycles. The SMILES string of the molecule is O=C1C[C@@H](c2ccc(Cl)cc2)c2c(c(C(=O)O)cn2-c2ccc(F)cc2)N1. The van der Waals surface area contributed by atoms with Crippen molar-refractivity contribution in [2.24, 2.45) is 0 Å². The lowest BCUT2D eigenvalue weighted by molar-refractivity contribution is -0.116. The Balaban J connectivity index is 1.95. The molecule has 1 amide bonds. The standard InChI is InChI=1S/C20H14ClFN2O3/c21-12-3-1-11(2-4-12)15-9-17(25)23-18-16(20(26)27)10-24(19(15)18)14-7-5-13(22)6-8-14/h1-8,10,15H,9H2,(H,23,25)(H,26,27)/t15-/m0/s1. The van der Waals surface area contributed by atoms with Gasteiger partial charge in [0.15, 0.2) is 0 Å². The van der Waals surface area contributed by atoms with E-state index in [1.54, 1.807) is 28.8 Å². The van der Waals surface area contributed by atoms with Crippen LogP contribution in [-0.2, 0) is 4.79 Å². The van der Waals surface area contributed by atoms with Gasteiger partial charge in [0.25, 0.3) is 0 Å². The molecule has 5 nitrogen and oxygen atoms in total. The highest BCUT2D eigenvalue weighted by Gasteiger charge is 2.34. The maximum atomic E-state index is 13.3. The molecule has 3 aromatic rings. The maximum absolute atomic E-state index is 13.3. The van der Waals surface area contributed by atoms with Crippen molar-refractivity contribution in [3.63, 3.8) is 0 Å². The molecule has 0 aliphatic carbocycles. The molecule has 1 aromatic heterocycles. The molecule has 0 saturated carbocycles. The zero-order valence-corrected chi connectivity index (χ0v) is 14.7. The van der Waals surface area contributed by atoms with Gasteiger partial charge in [-0.25, -0.2) is 9.18 Å². The summed E-state index contributed by atoms with van der Waals surface area (Å²) in [4.78, 5) is 24.0. The van der Waals surface area contributed by atoms with E-state index in [9.17, 15) is 19.1 Å². The first-order valence-electron chi connectivity index (χ1n) is 8.24. The second-order valence-electron chi connectivity index (χ2n) is 6.31. The third-order valence-corrected chi connectivity index (χ3v) is 4.89. The fourth-order valence-corrected chi connectivity index (χ4v) is 3.54. The van der Waals surface area contributed by atoms with Crippen LogP contribution in [0.3, 0.4) is 0 Å². The van der Waals surface area contributed by atoms with E-state index in [4.69, 9.17) is 11.6 Å². The van der Waals surface area contributed by atoms with Crippen molar-refractivity contribution in [2.45, 2.75) is 12.3 Å². The zero-order valence-electron chi connectivity index (χ0n) is 13.9. The topological polar surface area (TPSA) is 71.3 Å². The summed E-state index contributed by atoms with van der Waals surface area (Å²) in [6, 6.07) is 12.8. The molecule has 0 spiro atoms. The van der Waals surface area contributed by atoms with E-state index in [1.165, 1.54) is 18.3 Å². The molecule has 2 aromatic carbocycles. The first-order valence-corrected chi connectivity index (χ1v) is 8.61. The van der Waals surface area contributed by atoms with E-state index in [0.717, 1.165) is 5.56 Å². The molecule has 0 radical (unpaired) electrons. The number of carboxylic acid groups (broad SMARTS) is 1. The van der Waals surface area contributed by atoms with Gasteiger partial charge >= 0.3 is 5.97 Å². The predicted molar refractivity (Wildman–Crippen MR) is 99.2 cm³/mol. The van der Waals surface area contributed by atoms with E-state index in [2.05, 4.69) is 5.32 Å². The number of fused-ring (bicyclic) bond motifs is 1. The summed E-state index contributed by atoms with van der Waals surface area (Å²) in [7, 11) is 0. The molecule has 27 heavy (non-hydrogen) atoms. The van der Waals surface area contributed by atoms with Crippen molar-refractivity contribution < 1.29 is 19.1 Å². The van der Waals surface area contributed by atoms with Crippen LogP contribution >= 0.6 is 11.6 Å². The molecule has 2 N–H and O–H groups in total. The first-order chi connectivity index (χ1) is 12.9. The Morgan fingerprint density at radius 2 is 1.81 bits per heavy atom. The number of nitrogens with one attached hydrogen (secondary N) is 1. The van der Waals surface area contributed by atoms with Crippen LogP contribution in [0, 0.1) is 5.82 Å². The van der Waals surface area contributed by atoms with Crippen LogP contribution in [0.25, 0.3) is 5.69 Å². The number of carboxylic acids is 1. The van der Waals surface area contributed by atoms with Crippen LogP contribution in [-0.4, -0.2) is 21.6 Å². The van der Waals surface area contributed by atoms with Crippen molar-refractivity contribution in [3.05, 3.63) is 82.4 Å². The summed E-state index contributed by atoms with van der Waals surface area (Å²) >= 11 is 5.97. The Morgan fingerprint density at radius 3 is 2.44 bits per heavy atom. The summed E-state index contributed by atoms with van der Waals surface area (Å²) in [5.74, 6) is -2.16. The zero-order chi connectivity index (χ0) is 19.1. The summed E-state index contributed by atoms with van der Waals surface area (Å²) in [5, 5.41) is 12.8. The van der Waals surface area contributed by atoms with Crippen molar-refractivity contribution in [3.8, 4) is 5.69 Å². The summed E-state index contributed by atoms with van der Waals surface area (Å²) in [6.45, 7) is 0. The maximum Gasteiger partial charge on any atom is 0.339 e. The van der Waals surface area contributed by atoms with Crippen LogP contribution in [0.5, 0.6) is 0 Å². The summed E-state index contributed by atoms with van der Waals surface area (Å²) in [5.41, 5.74) is 2.34. The fourth-order valence-electron chi connectivity index (χ4n) is 3.42. The number of carbonyl (C=O) groups is 2. The summed E-state index contributed by atoms with van der Waals surface area (Å²) in [6.07, 6.45) is 1.62. The van der Waals surface area contributed by atoms with Gasteiger partial charge in [-0.2, -0.15) is 0 Å². The number of aromatic carboxylic acids is 1. The van der Waals surface area contributed by atoms with Crippen molar-refractivity contribution in [1.82, 2.24) is 4.57 Å². The van der Waals surface area contributed by atoms with Gasteiger partial charge in [-0.05, 0) is 42.0 Å². The lowest BCUT2D eigenvalue weighted by Crippen LogP contribution is -2.25. The molecule has 0 unspecified atom stereocenters. The highest BCUT2D eigenvalue weighted by atomic mass is 35.5. The molecule has 2 heterocycles. The van der Waals surface area contributed by atoms with E-state index in [0.29, 0.717) is 16.4 Å². The number of nitrogens with zero attached hydrogens (tertiary/aromatic N) is 1. The Bertz CT molecular complexity index is 1040. The van der Waals surface area contributed by atoms with Gasteiger partial charge in [0.2, 0.25) is 5.91 Å². The van der Waals surface area contributed by atoms with E-state index in [1.807, 2.05) is 12.1 Å². The summed E-state index contributed by atoms with van der Waals surface area (Å²) < 4.78 is 15.0. The number of anilines is 1. The van der Waals surface area contributed by atoms with Crippen LogP contribution < -0.4 is 5.32 Å². The largest absolute Gasteiger partial charge is 0.478 e. The normalized spacial score (nSPS) is 15.9. The Labute approximate surface area is 159 Å². The van der Waals surface area contributed by atoms with Crippen LogP contribution in [0.1, 0.15) is 34.0 Å². The molecule has 4 rings (SSSR count). The van der Waals surface area contributed by atoms with Gasteiger partial charge in [-0.3, -0.25) is 4.79 Å². The number of carbonyl (C=O) groups excluding carboxylic acids is 1. The Kier molecular flexibility index (Phi) is 4.20. The number of halogens is 2. The van der Waals surface area contributed by atoms with E-state index >= 15 is 0 Å². The molecule has 1 atom stereocenters. The molecule has 1 aliphatic rings. The second kappa shape index (κ2) is 6.55. The molecular formula is C20H14ClFN2O3.